The molecule has 2 bridgehead atoms. The van der Waals surface area contributed by atoms with E-state index in [9.17, 15) is 9.18 Å². The molecule has 9 heteroatoms. The van der Waals surface area contributed by atoms with Gasteiger partial charge in [-0.15, -0.1) is 0 Å². The SMILES string of the molecule is Cc1ccc2ncc(F)c(CCC34CCC(NCc5nc6cccnc6n(C)c5=O)(CC3)CO4)c2n1. The molecule has 0 radical (unpaired) electrons. The van der Waals surface area contributed by atoms with Crippen LogP contribution in [0.2, 0.25) is 0 Å². The van der Waals surface area contributed by atoms with Gasteiger partial charge in [0.1, 0.15) is 17.0 Å². The first-order valence-corrected chi connectivity index (χ1v) is 12.5. The summed E-state index contributed by atoms with van der Waals surface area (Å²) in [5, 5.41) is 3.60. The zero-order valence-corrected chi connectivity index (χ0v) is 20.6. The van der Waals surface area contributed by atoms with Gasteiger partial charge in [-0.3, -0.25) is 19.3 Å². The van der Waals surface area contributed by atoms with E-state index in [2.05, 4.69) is 25.3 Å². The quantitative estimate of drug-likeness (QED) is 0.444. The van der Waals surface area contributed by atoms with Crippen LogP contribution in [0.25, 0.3) is 22.2 Å². The van der Waals surface area contributed by atoms with Gasteiger partial charge in [-0.2, -0.15) is 0 Å². The Kier molecular flexibility index (Phi) is 5.57. The number of halogens is 1. The van der Waals surface area contributed by atoms with Crippen LogP contribution in [0.15, 0.2) is 41.5 Å². The molecule has 8 nitrogen and oxygen atoms in total. The van der Waals surface area contributed by atoms with E-state index in [1.165, 1.54) is 6.20 Å². The second kappa shape index (κ2) is 8.67. The van der Waals surface area contributed by atoms with Crippen LogP contribution >= 0.6 is 0 Å². The lowest BCUT2D eigenvalue weighted by Crippen LogP contribution is -2.61. The molecule has 2 saturated heterocycles. The summed E-state index contributed by atoms with van der Waals surface area (Å²) in [5.41, 5.74) is 4.04. The molecule has 0 atom stereocenters. The van der Waals surface area contributed by atoms with Gasteiger partial charge in [0.2, 0.25) is 0 Å². The van der Waals surface area contributed by atoms with Gasteiger partial charge < -0.3 is 10.1 Å². The molecule has 7 rings (SSSR count). The molecular formula is C27H29FN6O2. The number of aromatic nitrogens is 5. The molecule has 1 aliphatic carbocycles. The number of aryl methyl sites for hydroxylation is 3. The third-order valence-electron chi connectivity index (χ3n) is 8.03. The van der Waals surface area contributed by atoms with Crippen LogP contribution in [-0.2, 0) is 24.8 Å². The molecule has 1 saturated carbocycles. The molecule has 186 valence electrons. The molecule has 0 spiro atoms. The number of nitrogens with one attached hydrogen (secondary N) is 1. The van der Waals surface area contributed by atoms with Crippen LogP contribution < -0.4 is 10.9 Å². The normalized spacial score (nSPS) is 23.5. The molecule has 1 N–H and O–H groups in total. The van der Waals surface area contributed by atoms with Gasteiger partial charge >= 0.3 is 0 Å². The van der Waals surface area contributed by atoms with E-state index in [1.807, 2.05) is 31.2 Å². The highest BCUT2D eigenvalue weighted by Crippen LogP contribution is 2.46. The van der Waals surface area contributed by atoms with Crippen LogP contribution in [0.1, 0.15) is 49.1 Å². The highest BCUT2D eigenvalue weighted by Gasteiger charge is 2.49. The highest BCUT2D eigenvalue weighted by molar-refractivity contribution is 5.78. The van der Waals surface area contributed by atoms with Crippen molar-refractivity contribution in [2.24, 2.45) is 7.05 Å². The number of pyridine rings is 3. The molecule has 3 aliphatic rings. The fraction of sp³-hybridized carbons (Fsp3) is 0.444. The fourth-order valence-electron chi connectivity index (χ4n) is 5.70. The van der Waals surface area contributed by atoms with E-state index in [1.54, 1.807) is 17.8 Å². The van der Waals surface area contributed by atoms with Crippen molar-refractivity contribution in [2.45, 2.75) is 63.1 Å². The summed E-state index contributed by atoms with van der Waals surface area (Å²) in [6.45, 7) is 2.86. The number of rotatable bonds is 6. The molecule has 3 fully saturated rings. The van der Waals surface area contributed by atoms with Gasteiger partial charge in [-0.25, -0.2) is 14.4 Å². The first kappa shape index (κ1) is 23.1. The lowest BCUT2D eigenvalue weighted by atomic mass is 9.69. The topological polar surface area (TPSA) is 94.8 Å². The van der Waals surface area contributed by atoms with Crippen LogP contribution in [0.5, 0.6) is 0 Å². The first-order valence-electron chi connectivity index (χ1n) is 12.5. The van der Waals surface area contributed by atoms with E-state index >= 15 is 0 Å². The minimum absolute atomic E-state index is 0.137. The number of nitrogens with zero attached hydrogens (tertiary/aromatic N) is 5. The summed E-state index contributed by atoms with van der Waals surface area (Å²) in [6, 6.07) is 7.48. The Morgan fingerprint density at radius 3 is 2.72 bits per heavy atom. The van der Waals surface area contributed by atoms with Crippen molar-refractivity contribution in [3.8, 4) is 0 Å². The first-order chi connectivity index (χ1) is 17.4. The van der Waals surface area contributed by atoms with E-state index in [-0.39, 0.29) is 22.5 Å². The summed E-state index contributed by atoms with van der Waals surface area (Å²) in [6.07, 6.45) is 7.94. The number of ether oxygens (including phenoxy) is 1. The summed E-state index contributed by atoms with van der Waals surface area (Å²) in [4.78, 5) is 30.4. The van der Waals surface area contributed by atoms with Crippen LogP contribution in [0.3, 0.4) is 0 Å². The molecule has 0 amide bonds. The summed E-state index contributed by atoms with van der Waals surface area (Å²) >= 11 is 0. The maximum absolute atomic E-state index is 14.7. The predicted octanol–water partition coefficient (Wildman–Crippen LogP) is 3.52. The number of hydrogen-bond acceptors (Lipinski definition) is 7. The van der Waals surface area contributed by atoms with Crippen molar-refractivity contribution in [2.75, 3.05) is 6.61 Å². The van der Waals surface area contributed by atoms with E-state index in [0.717, 1.165) is 43.3 Å². The van der Waals surface area contributed by atoms with Gasteiger partial charge in [0.15, 0.2) is 5.65 Å². The van der Waals surface area contributed by atoms with Crippen LogP contribution in [-0.4, -0.2) is 42.2 Å². The van der Waals surface area contributed by atoms with Crippen molar-refractivity contribution >= 4 is 22.2 Å². The lowest BCUT2D eigenvalue weighted by molar-refractivity contribution is -0.165. The Morgan fingerprint density at radius 2 is 1.94 bits per heavy atom. The largest absolute Gasteiger partial charge is 0.373 e. The Hall–Kier alpha value is -3.30. The Morgan fingerprint density at radius 1 is 1.11 bits per heavy atom. The Balaban J connectivity index is 1.14. The number of hydrogen-bond donors (Lipinski definition) is 1. The lowest BCUT2D eigenvalue weighted by Gasteiger charge is -2.53. The summed E-state index contributed by atoms with van der Waals surface area (Å²) in [7, 11) is 1.73. The third kappa shape index (κ3) is 3.96. The smallest absolute Gasteiger partial charge is 0.274 e. The Bertz CT molecular complexity index is 1500. The molecule has 2 aliphatic heterocycles. The van der Waals surface area contributed by atoms with Crippen LogP contribution in [0, 0.1) is 12.7 Å². The number of fused-ring (bicyclic) bond motifs is 5. The Labute approximate surface area is 208 Å². The molecule has 4 aromatic rings. The van der Waals surface area contributed by atoms with Crippen molar-refractivity contribution in [1.29, 1.82) is 0 Å². The fourth-order valence-corrected chi connectivity index (χ4v) is 5.70. The average Bonchev–Trinajstić information content (AvgIpc) is 2.90. The van der Waals surface area contributed by atoms with Gasteiger partial charge in [0.05, 0.1) is 29.4 Å². The van der Waals surface area contributed by atoms with Gasteiger partial charge in [-0.1, -0.05) is 0 Å². The molecular weight excluding hydrogens is 459 g/mol. The zero-order chi connectivity index (χ0) is 24.9. The highest BCUT2D eigenvalue weighted by atomic mass is 19.1. The molecule has 0 aromatic carbocycles. The maximum atomic E-state index is 14.7. The summed E-state index contributed by atoms with van der Waals surface area (Å²) in [5.74, 6) is -0.306. The monoisotopic (exact) mass is 488 g/mol. The maximum Gasteiger partial charge on any atom is 0.274 e. The van der Waals surface area contributed by atoms with Crippen molar-refractivity contribution < 1.29 is 9.13 Å². The van der Waals surface area contributed by atoms with Crippen molar-refractivity contribution in [3.63, 3.8) is 0 Å². The zero-order valence-electron chi connectivity index (χ0n) is 20.6. The summed E-state index contributed by atoms with van der Waals surface area (Å²) < 4.78 is 22.7. The molecule has 6 heterocycles. The van der Waals surface area contributed by atoms with E-state index in [4.69, 9.17) is 4.74 Å². The standard InChI is InChI=1S/C27H29FN6O2/c1-17-5-6-20-23(32-17)18(19(28)14-30-20)7-8-27-11-9-26(10-12-27,16-36-27)31-15-22-25(35)34(2)24-21(33-22)4-3-13-29-24/h3-6,13-14,31H,7-12,15-16H2,1-2H3. The van der Waals surface area contributed by atoms with Crippen molar-refractivity contribution in [3.05, 3.63) is 69.8 Å². The van der Waals surface area contributed by atoms with Gasteiger partial charge in [0, 0.05) is 36.6 Å². The van der Waals surface area contributed by atoms with Crippen molar-refractivity contribution in [1.82, 2.24) is 29.8 Å². The van der Waals surface area contributed by atoms with Gasteiger partial charge in [0.25, 0.3) is 5.56 Å². The predicted molar refractivity (Wildman–Crippen MR) is 134 cm³/mol. The van der Waals surface area contributed by atoms with E-state index in [0.29, 0.717) is 47.5 Å². The minimum atomic E-state index is -0.306. The molecule has 36 heavy (non-hydrogen) atoms. The van der Waals surface area contributed by atoms with E-state index < -0.39 is 0 Å². The third-order valence-corrected chi connectivity index (χ3v) is 8.03. The second-order valence-corrected chi connectivity index (χ2v) is 10.3. The van der Waals surface area contributed by atoms with Gasteiger partial charge in [-0.05, 0) is 69.7 Å². The average molecular weight is 489 g/mol. The molecule has 4 aromatic heterocycles. The molecule has 0 unspecified atom stereocenters. The minimum Gasteiger partial charge on any atom is -0.373 e. The van der Waals surface area contributed by atoms with Crippen LogP contribution in [0.4, 0.5) is 4.39 Å². The second-order valence-electron chi connectivity index (χ2n) is 10.3.